The Kier molecular flexibility index (Phi) is 11.1. The number of aliphatic carboxylic acids is 2. The second kappa shape index (κ2) is 13.3. The summed E-state index contributed by atoms with van der Waals surface area (Å²) in [6, 6.07) is 6.34. The number of nitriles is 1. The van der Waals surface area contributed by atoms with Crippen LogP contribution in [-0.2, 0) is 9.59 Å². The number of aliphatic hydroxyl groups is 1. The maximum absolute atomic E-state index is 13.6. The third kappa shape index (κ3) is 8.60. The van der Waals surface area contributed by atoms with Crippen LogP contribution in [0.25, 0.3) is 0 Å². The van der Waals surface area contributed by atoms with Gasteiger partial charge in [-0.1, -0.05) is 0 Å². The molecule has 30 heavy (non-hydrogen) atoms. The molecule has 162 valence electrons. The fourth-order valence-electron chi connectivity index (χ4n) is 2.18. The molecule has 0 amide bonds. The summed E-state index contributed by atoms with van der Waals surface area (Å²) in [6.07, 6.45) is 4.11. The van der Waals surface area contributed by atoms with Crippen LogP contribution < -0.4 is 10.1 Å². The van der Waals surface area contributed by atoms with E-state index in [0.29, 0.717) is 31.7 Å². The maximum atomic E-state index is 13.6. The molecule has 1 aromatic heterocycles. The van der Waals surface area contributed by atoms with Gasteiger partial charge in [0.2, 0.25) is 0 Å². The monoisotopic (exact) mass is 486 g/mol. The van der Waals surface area contributed by atoms with E-state index in [1.807, 2.05) is 6.07 Å². The molecule has 0 unspecified atom stereocenters. The first-order valence-corrected chi connectivity index (χ1v) is 9.45. The Morgan fingerprint density at radius 3 is 2.53 bits per heavy atom. The lowest BCUT2D eigenvalue weighted by Crippen LogP contribution is -2.21. The minimum absolute atomic E-state index is 0.137. The largest absolute Gasteiger partial charge is 0.484 e. The zero-order chi connectivity index (χ0) is 22.5. The molecule has 1 atom stereocenters. The van der Waals surface area contributed by atoms with Crippen LogP contribution in [0, 0.1) is 17.1 Å². The highest BCUT2D eigenvalue weighted by Crippen LogP contribution is 2.31. The summed E-state index contributed by atoms with van der Waals surface area (Å²) in [5.74, 6) is -3.85. The number of furan rings is 1. The average Bonchev–Trinajstić information content (AvgIpc) is 3.24. The average molecular weight is 487 g/mol. The summed E-state index contributed by atoms with van der Waals surface area (Å²) in [4.78, 5) is 18.2. The zero-order valence-electron chi connectivity index (χ0n) is 15.7. The molecular weight excluding hydrogens is 467 g/mol. The topological polar surface area (TPSA) is 153 Å². The Morgan fingerprint density at radius 1 is 1.30 bits per heavy atom. The summed E-state index contributed by atoms with van der Waals surface area (Å²) in [5, 5.41) is 36.0. The van der Waals surface area contributed by atoms with Crippen LogP contribution in [0.15, 0.2) is 39.6 Å². The van der Waals surface area contributed by atoms with E-state index in [1.165, 1.54) is 6.07 Å². The van der Waals surface area contributed by atoms with Crippen molar-refractivity contribution in [2.45, 2.75) is 18.9 Å². The molecule has 0 saturated carbocycles. The van der Waals surface area contributed by atoms with Crippen molar-refractivity contribution in [3.05, 3.63) is 52.1 Å². The molecule has 1 heterocycles. The minimum Gasteiger partial charge on any atom is -0.484 e. The van der Waals surface area contributed by atoms with Gasteiger partial charge in [0.15, 0.2) is 0 Å². The molecule has 1 aromatic carbocycles. The molecule has 0 fully saturated rings. The number of carboxylic acid groups (broad SMARTS) is 2. The van der Waals surface area contributed by atoms with E-state index in [-0.39, 0.29) is 22.7 Å². The molecule has 0 aliphatic rings. The van der Waals surface area contributed by atoms with Crippen molar-refractivity contribution in [1.29, 1.82) is 5.26 Å². The van der Waals surface area contributed by atoms with Crippen molar-refractivity contribution in [3.8, 4) is 11.8 Å². The van der Waals surface area contributed by atoms with Gasteiger partial charge in [-0.15, -0.1) is 0 Å². The second-order valence-corrected chi connectivity index (χ2v) is 6.62. The first kappa shape index (κ1) is 25.1. The number of ether oxygens (including phenoxy) is 1. The van der Waals surface area contributed by atoms with Crippen LogP contribution in [0.5, 0.6) is 5.75 Å². The molecule has 2 rings (SSSR count). The smallest absolute Gasteiger partial charge is 0.414 e. The summed E-state index contributed by atoms with van der Waals surface area (Å²) in [5.41, 5.74) is 0.973. The number of halogens is 2. The van der Waals surface area contributed by atoms with Gasteiger partial charge in [0.1, 0.15) is 23.7 Å². The van der Waals surface area contributed by atoms with Crippen molar-refractivity contribution in [2.75, 3.05) is 19.7 Å². The number of aliphatic hydroxyl groups excluding tert-OH is 1. The van der Waals surface area contributed by atoms with Crippen molar-refractivity contribution in [1.82, 2.24) is 5.32 Å². The fraction of sp³-hybridized carbons (Fsp3) is 0.316. The van der Waals surface area contributed by atoms with E-state index in [0.717, 1.165) is 11.6 Å². The van der Waals surface area contributed by atoms with E-state index in [9.17, 15) is 9.65 Å². The van der Waals surface area contributed by atoms with Crippen LogP contribution in [-0.4, -0.2) is 47.0 Å². The molecular formula is C19H20BrFN2O7. The quantitative estimate of drug-likeness (QED) is 0.309. The molecule has 0 aliphatic carbocycles. The highest BCUT2D eigenvalue weighted by molar-refractivity contribution is 9.10. The van der Waals surface area contributed by atoms with Crippen LogP contribution in [0.4, 0.5) is 4.39 Å². The van der Waals surface area contributed by atoms with Crippen molar-refractivity contribution in [2.24, 2.45) is 0 Å². The van der Waals surface area contributed by atoms with E-state index >= 15 is 0 Å². The van der Waals surface area contributed by atoms with Gasteiger partial charge in [-0.2, -0.15) is 5.26 Å². The van der Waals surface area contributed by atoms with Gasteiger partial charge in [0, 0.05) is 18.6 Å². The van der Waals surface area contributed by atoms with Gasteiger partial charge < -0.3 is 29.8 Å². The number of hydrogen-bond donors (Lipinski definition) is 4. The van der Waals surface area contributed by atoms with Crippen LogP contribution >= 0.6 is 15.9 Å². The zero-order valence-corrected chi connectivity index (χ0v) is 17.3. The number of carbonyl (C=O) groups is 2. The standard InChI is InChI=1S/C17H18BrFN2O3.C2H2O4/c18-14-9-17(13(10-20)8-15(14)19)24-16(12-3-7-23-11-12)2-5-21-4-1-6-22;3-1(4)2(5)6/h3,7-9,11,16,21-22H,1-2,4-6H2;(H,3,4)(H,5,6)/t16-;/m1./s1. The Labute approximate surface area is 179 Å². The SMILES string of the molecule is N#Cc1cc(F)c(Br)cc1O[C@H](CCNCCCO)c1ccoc1.O=C(O)C(=O)O. The third-order valence-electron chi connectivity index (χ3n) is 3.61. The first-order chi connectivity index (χ1) is 14.3. The molecule has 0 aliphatic heterocycles. The van der Waals surface area contributed by atoms with Gasteiger partial charge in [0.25, 0.3) is 0 Å². The van der Waals surface area contributed by atoms with Crippen LogP contribution in [0.3, 0.4) is 0 Å². The fourth-order valence-corrected chi connectivity index (χ4v) is 2.50. The summed E-state index contributed by atoms with van der Waals surface area (Å²) in [6.45, 7) is 1.52. The molecule has 2 aromatic rings. The van der Waals surface area contributed by atoms with Gasteiger partial charge in [-0.3, -0.25) is 0 Å². The molecule has 4 N–H and O–H groups in total. The molecule has 9 nitrogen and oxygen atoms in total. The van der Waals surface area contributed by atoms with Gasteiger partial charge >= 0.3 is 11.9 Å². The normalized spacial score (nSPS) is 11.0. The van der Waals surface area contributed by atoms with Gasteiger partial charge in [0.05, 0.1) is 22.6 Å². The summed E-state index contributed by atoms with van der Waals surface area (Å²) in [7, 11) is 0. The summed E-state index contributed by atoms with van der Waals surface area (Å²) < 4.78 is 24.9. The Morgan fingerprint density at radius 2 is 2.00 bits per heavy atom. The summed E-state index contributed by atoms with van der Waals surface area (Å²) >= 11 is 3.11. The number of carboxylic acids is 2. The molecule has 0 bridgehead atoms. The second-order valence-electron chi connectivity index (χ2n) is 5.76. The van der Waals surface area contributed by atoms with E-state index < -0.39 is 17.8 Å². The predicted molar refractivity (Wildman–Crippen MR) is 105 cm³/mol. The van der Waals surface area contributed by atoms with Crippen molar-refractivity contribution < 1.29 is 38.5 Å². The van der Waals surface area contributed by atoms with Crippen LogP contribution in [0.2, 0.25) is 0 Å². The molecule has 0 spiro atoms. The highest BCUT2D eigenvalue weighted by Gasteiger charge is 2.18. The maximum Gasteiger partial charge on any atom is 0.414 e. The van der Waals surface area contributed by atoms with Gasteiger partial charge in [-0.25, -0.2) is 14.0 Å². The van der Waals surface area contributed by atoms with Crippen molar-refractivity contribution in [3.63, 3.8) is 0 Å². The predicted octanol–water partition coefficient (Wildman–Crippen LogP) is 2.69. The minimum atomic E-state index is -1.82. The van der Waals surface area contributed by atoms with E-state index in [2.05, 4.69) is 21.2 Å². The Bertz CT molecular complexity index is 857. The van der Waals surface area contributed by atoms with Gasteiger partial charge in [-0.05, 0) is 53.6 Å². The molecule has 11 heteroatoms. The number of benzene rings is 1. The lowest BCUT2D eigenvalue weighted by Gasteiger charge is -2.19. The number of nitrogens with zero attached hydrogens (tertiary/aromatic N) is 1. The van der Waals surface area contributed by atoms with E-state index in [4.69, 9.17) is 34.1 Å². The third-order valence-corrected chi connectivity index (χ3v) is 4.21. The van der Waals surface area contributed by atoms with Crippen molar-refractivity contribution >= 4 is 27.9 Å². The lowest BCUT2D eigenvalue weighted by molar-refractivity contribution is -0.159. The molecule has 0 radical (unpaired) electrons. The Balaban J connectivity index is 0.000000656. The Hall–Kier alpha value is -2.94. The lowest BCUT2D eigenvalue weighted by atomic mass is 10.1. The number of hydrogen-bond acceptors (Lipinski definition) is 7. The highest BCUT2D eigenvalue weighted by atomic mass is 79.9. The van der Waals surface area contributed by atoms with Crippen LogP contribution in [0.1, 0.15) is 30.1 Å². The number of rotatable bonds is 9. The molecule has 0 saturated heterocycles. The van der Waals surface area contributed by atoms with E-state index in [1.54, 1.807) is 18.6 Å². The first-order valence-electron chi connectivity index (χ1n) is 8.65. The number of nitrogens with one attached hydrogen (secondary N) is 1.